The molecule has 0 spiro atoms. The van der Waals surface area contributed by atoms with Gasteiger partial charge in [-0.3, -0.25) is 0 Å². The highest BCUT2D eigenvalue weighted by atomic mass is 32.2. The summed E-state index contributed by atoms with van der Waals surface area (Å²) in [7, 11) is 0. The van der Waals surface area contributed by atoms with Crippen LogP contribution in [-0.2, 0) is 6.18 Å². The number of nitrogens with zero attached hydrogens (tertiary/aromatic N) is 4. The monoisotopic (exact) mass is 358 g/mol. The molecular weight excluding hydrogens is 349 g/mol. The van der Waals surface area contributed by atoms with Gasteiger partial charge in [-0.15, -0.1) is 21.5 Å². The summed E-state index contributed by atoms with van der Waals surface area (Å²) in [5.41, 5.74) is -0.980. The van der Waals surface area contributed by atoms with E-state index < -0.39 is 11.9 Å². The van der Waals surface area contributed by atoms with Crippen LogP contribution >= 0.6 is 23.1 Å². The molecule has 0 amide bonds. The molecule has 10 heteroatoms. The SMILES string of the molecule is CC(Sc1nccc(C(F)(F)F)n1)c1nnc(-c2cccs2)o1. The van der Waals surface area contributed by atoms with Crippen molar-refractivity contribution in [1.29, 1.82) is 0 Å². The van der Waals surface area contributed by atoms with Crippen molar-refractivity contribution in [3.05, 3.63) is 41.4 Å². The zero-order valence-electron chi connectivity index (χ0n) is 11.6. The van der Waals surface area contributed by atoms with Crippen LogP contribution in [-0.4, -0.2) is 20.2 Å². The lowest BCUT2D eigenvalue weighted by molar-refractivity contribution is -0.141. The lowest BCUT2D eigenvalue weighted by atomic mass is 10.4. The molecule has 5 nitrogen and oxygen atoms in total. The van der Waals surface area contributed by atoms with Gasteiger partial charge in [0.1, 0.15) is 5.69 Å². The molecule has 3 rings (SSSR count). The fourth-order valence-electron chi connectivity index (χ4n) is 1.66. The summed E-state index contributed by atoms with van der Waals surface area (Å²) in [5, 5.41) is 9.38. The van der Waals surface area contributed by atoms with Crippen molar-refractivity contribution in [1.82, 2.24) is 20.2 Å². The summed E-state index contributed by atoms with van der Waals surface area (Å²) < 4.78 is 43.5. The van der Waals surface area contributed by atoms with E-state index in [2.05, 4.69) is 20.2 Å². The van der Waals surface area contributed by atoms with Crippen LogP contribution in [0.2, 0.25) is 0 Å². The molecule has 0 radical (unpaired) electrons. The summed E-state index contributed by atoms with van der Waals surface area (Å²) in [6.07, 6.45) is -3.42. The largest absolute Gasteiger partial charge is 0.433 e. The molecule has 0 saturated carbocycles. The maximum atomic E-state index is 12.6. The van der Waals surface area contributed by atoms with Crippen molar-refractivity contribution in [2.24, 2.45) is 0 Å². The fourth-order valence-corrected chi connectivity index (χ4v) is 3.09. The van der Waals surface area contributed by atoms with Gasteiger partial charge >= 0.3 is 6.18 Å². The number of hydrogen-bond acceptors (Lipinski definition) is 7. The first kappa shape index (κ1) is 15.9. The Labute approximate surface area is 137 Å². The van der Waals surface area contributed by atoms with Gasteiger partial charge < -0.3 is 4.42 Å². The molecule has 0 aromatic carbocycles. The van der Waals surface area contributed by atoms with Crippen molar-refractivity contribution in [3.8, 4) is 10.8 Å². The van der Waals surface area contributed by atoms with E-state index >= 15 is 0 Å². The molecule has 3 heterocycles. The smallest absolute Gasteiger partial charge is 0.419 e. The highest BCUT2D eigenvalue weighted by Crippen LogP contribution is 2.35. The Balaban J connectivity index is 1.76. The quantitative estimate of drug-likeness (QED) is 0.507. The molecule has 0 aliphatic heterocycles. The first-order valence-corrected chi connectivity index (χ1v) is 8.13. The van der Waals surface area contributed by atoms with Crippen molar-refractivity contribution < 1.29 is 17.6 Å². The molecule has 0 bridgehead atoms. The van der Waals surface area contributed by atoms with Gasteiger partial charge in [-0.2, -0.15) is 13.2 Å². The third kappa shape index (κ3) is 3.70. The highest BCUT2D eigenvalue weighted by Gasteiger charge is 2.33. The number of halogens is 3. The van der Waals surface area contributed by atoms with Crippen LogP contribution in [0.15, 0.2) is 39.3 Å². The van der Waals surface area contributed by atoms with E-state index in [1.807, 2.05) is 17.5 Å². The normalized spacial score (nSPS) is 13.2. The zero-order chi connectivity index (χ0) is 16.4. The first-order valence-electron chi connectivity index (χ1n) is 6.37. The molecule has 23 heavy (non-hydrogen) atoms. The average Bonchev–Trinajstić information content (AvgIpc) is 3.18. The Bertz CT molecular complexity index is 789. The Morgan fingerprint density at radius 2 is 2.09 bits per heavy atom. The lowest BCUT2D eigenvalue weighted by Crippen LogP contribution is -2.09. The molecule has 0 N–H and O–H groups in total. The predicted molar refractivity (Wildman–Crippen MR) is 78.9 cm³/mol. The van der Waals surface area contributed by atoms with E-state index in [4.69, 9.17) is 4.42 Å². The van der Waals surface area contributed by atoms with Crippen LogP contribution in [0, 0.1) is 0 Å². The maximum absolute atomic E-state index is 12.6. The van der Waals surface area contributed by atoms with Crippen molar-refractivity contribution >= 4 is 23.1 Å². The van der Waals surface area contributed by atoms with Crippen LogP contribution < -0.4 is 0 Å². The van der Waals surface area contributed by atoms with Crippen LogP contribution in [0.25, 0.3) is 10.8 Å². The topological polar surface area (TPSA) is 64.7 Å². The van der Waals surface area contributed by atoms with Crippen molar-refractivity contribution in [3.63, 3.8) is 0 Å². The van der Waals surface area contributed by atoms with Crippen LogP contribution in [0.5, 0.6) is 0 Å². The zero-order valence-corrected chi connectivity index (χ0v) is 13.2. The standard InChI is InChI=1S/C13H9F3N4OS2/c1-7(10-19-20-11(21-10)8-3-2-6-22-8)23-12-17-5-4-9(18-12)13(14,15)16/h2-7H,1H3. The third-order valence-corrected chi connectivity index (χ3v) is 4.55. The van der Waals surface area contributed by atoms with Gasteiger partial charge in [0.25, 0.3) is 5.89 Å². The molecule has 3 aromatic heterocycles. The van der Waals surface area contributed by atoms with Crippen LogP contribution in [0.1, 0.15) is 23.8 Å². The van der Waals surface area contributed by atoms with Gasteiger partial charge in [-0.1, -0.05) is 17.8 Å². The highest BCUT2D eigenvalue weighted by molar-refractivity contribution is 7.99. The summed E-state index contributed by atoms with van der Waals surface area (Å²) in [6.45, 7) is 1.74. The summed E-state index contributed by atoms with van der Waals surface area (Å²) in [5.74, 6) is 0.687. The number of thiophene rings is 1. The fraction of sp³-hybridized carbons (Fsp3) is 0.231. The number of rotatable bonds is 4. The third-order valence-electron chi connectivity index (χ3n) is 2.73. The second-order valence-corrected chi connectivity index (χ2v) is 6.66. The van der Waals surface area contributed by atoms with Crippen molar-refractivity contribution in [2.75, 3.05) is 0 Å². The van der Waals surface area contributed by atoms with Gasteiger partial charge in [0.15, 0.2) is 5.16 Å². The van der Waals surface area contributed by atoms with E-state index in [1.165, 1.54) is 11.3 Å². The molecule has 0 aliphatic rings. The Kier molecular flexibility index (Phi) is 4.35. The predicted octanol–water partition coefficient (Wildman–Crippen LogP) is 4.46. The van der Waals surface area contributed by atoms with Gasteiger partial charge in [-0.25, -0.2) is 9.97 Å². The second kappa shape index (κ2) is 6.28. The van der Waals surface area contributed by atoms with Crippen molar-refractivity contribution in [2.45, 2.75) is 23.5 Å². The van der Waals surface area contributed by atoms with Gasteiger partial charge in [-0.05, 0) is 24.4 Å². The number of aromatic nitrogens is 4. The summed E-state index contributed by atoms with van der Waals surface area (Å²) in [6, 6.07) is 4.53. The molecule has 0 fully saturated rings. The minimum Gasteiger partial charge on any atom is -0.419 e. The number of thioether (sulfide) groups is 1. The Morgan fingerprint density at radius 3 is 2.78 bits per heavy atom. The van der Waals surface area contributed by atoms with Gasteiger partial charge in [0, 0.05) is 6.20 Å². The first-order chi connectivity index (χ1) is 10.9. The lowest BCUT2D eigenvalue weighted by Gasteiger charge is -2.08. The molecule has 1 unspecified atom stereocenters. The van der Waals surface area contributed by atoms with E-state index in [1.54, 1.807) is 6.92 Å². The Hall–Kier alpha value is -1.94. The minimum absolute atomic E-state index is 0.00296. The summed E-state index contributed by atoms with van der Waals surface area (Å²) in [4.78, 5) is 8.17. The molecular formula is C13H9F3N4OS2. The van der Waals surface area contributed by atoms with E-state index in [-0.39, 0.29) is 10.4 Å². The molecule has 1 atom stereocenters. The molecule has 0 saturated heterocycles. The molecule has 0 aliphatic carbocycles. The van der Waals surface area contributed by atoms with E-state index in [9.17, 15) is 13.2 Å². The van der Waals surface area contributed by atoms with Crippen LogP contribution in [0.4, 0.5) is 13.2 Å². The minimum atomic E-state index is -4.50. The molecule has 120 valence electrons. The van der Waals surface area contributed by atoms with E-state index in [0.29, 0.717) is 11.8 Å². The number of alkyl halides is 3. The maximum Gasteiger partial charge on any atom is 0.433 e. The van der Waals surface area contributed by atoms with Crippen LogP contribution in [0.3, 0.4) is 0 Å². The summed E-state index contributed by atoms with van der Waals surface area (Å²) >= 11 is 2.48. The average molecular weight is 358 g/mol. The second-order valence-electron chi connectivity index (χ2n) is 4.41. The Morgan fingerprint density at radius 1 is 1.26 bits per heavy atom. The van der Waals surface area contributed by atoms with E-state index in [0.717, 1.165) is 28.9 Å². The van der Waals surface area contributed by atoms with Gasteiger partial charge in [0.05, 0.1) is 10.1 Å². The van der Waals surface area contributed by atoms with Gasteiger partial charge in [0.2, 0.25) is 5.89 Å². The molecule has 3 aromatic rings. The number of hydrogen-bond donors (Lipinski definition) is 0.